The molecule has 2 fully saturated rings. The molecule has 168 valence electrons. The third-order valence-electron chi connectivity index (χ3n) is 6.62. The number of ether oxygens (including phenoxy) is 1. The van der Waals surface area contributed by atoms with Crippen LogP contribution in [0.1, 0.15) is 53.6 Å². The lowest BCUT2D eigenvalue weighted by molar-refractivity contribution is -0.120. The van der Waals surface area contributed by atoms with Crippen LogP contribution in [0.25, 0.3) is 0 Å². The number of carbonyl (C=O) groups is 2. The molecule has 1 N–H and O–H groups in total. The van der Waals surface area contributed by atoms with Crippen molar-refractivity contribution < 1.29 is 14.3 Å². The van der Waals surface area contributed by atoms with Crippen LogP contribution >= 0.6 is 0 Å². The topological polar surface area (TPSA) is 61.9 Å². The summed E-state index contributed by atoms with van der Waals surface area (Å²) in [6, 6.07) is 14.7. The minimum absolute atomic E-state index is 0.00803. The van der Waals surface area contributed by atoms with E-state index in [-0.39, 0.29) is 11.8 Å². The number of benzene rings is 2. The summed E-state index contributed by atoms with van der Waals surface area (Å²) in [6.07, 6.45) is 6.40. The van der Waals surface area contributed by atoms with E-state index < -0.39 is 0 Å². The maximum Gasteiger partial charge on any atom is 0.251 e. The molecule has 0 bridgehead atoms. The predicted molar refractivity (Wildman–Crippen MR) is 124 cm³/mol. The minimum Gasteiger partial charge on any atom is -0.497 e. The number of rotatable bonds is 8. The molecule has 1 aliphatic heterocycles. The fraction of sp³-hybridized carbons (Fsp3) is 0.462. The van der Waals surface area contributed by atoms with Gasteiger partial charge in [0.1, 0.15) is 5.75 Å². The van der Waals surface area contributed by atoms with Crippen LogP contribution < -0.4 is 15.0 Å². The number of anilines is 1. The van der Waals surface area contributed by atoms with E-state index in [1.165, 1.54) is 5.56 Å². The van der Waals surface area contributed by atoms with Gasteiger partial charge in [0.25, 0.3) is 5.91 Å². The van der Waals surface area contributed by atoms with Gasteiger partial charge in [-0.05, 0) is 80.0 Å². The lowest BCUT2D eigenvalue weighted by Gasteiger charge is -2.32. The summed E-state index contributed by atoms with van der Waals surface area (Å²) in [5.74, 6) is 1.00. The van der Waals surface area contributed by atoms with E-state index in [9.17, 15) is 9.59 Å². The average molecular weight is 434 g/mol. The fourth-order valence-corrected chi connectivity index (χ4v) is 4.46. The fourth-order valence-electron chi connectivity index (χ4n) is 4.46. The van der Waals surface area contributed by atoms with Crippen molar-refractivity contribution in [3.05, 3.63) is 59.2 Å². The van der Waals surface area contributed by atoms with Crippen molar-refractivity contribution in [3.63, 3.8) is 0 Å². The normalized spacial score (nSPS) is 17.8. The van der Waals surface area contributed by atoms with Gasteiger partial charge < -0.3 is 15.0 Å². The van der Waals surface area contributed by atoms with Crippen molar-refractivity contribution in [2.75, 3.05) is 25.1 Å². The summed E-state index contributed by atoms with van der Waals surface area (Å²) in [7, 11) is 1.67. The zero-order valence-corrected chi connectivity index (χ0v) is 18.7. The Hall–Kier alpha value is -2.86. The molecule has 0 spiro atoms. The van der Waals surface area contributed by atoms with E-state index in [0.29, 0.717) is 24.2 Å². The van der Waals surface area contributed by atoms with Gasteiger partial charge in [0.05, 0.1) is 13.7 Å². The lowest BCUT2D eigenvalue weighted by atomic mass is 10.0. The second-order valence-corrected chi connectivity index (χ2v) is 9.22. The van der Waals surface area contributed by atoms with Crippen molar-refractivity contribution in [3.8, 4) is 5.75 Å². The predicted octanol–water partition coefficient (Wildman–Crippen LogP) is 3.53. The summed E-state index contributed by atoms with van der Waals surface area (Å²) >= 11 is 0. The molecule has 0 atom stereocenters. The molecule has 6 nitrogen and oxygen atoms in total. The molecule has 0 saturated heterocycles. The van der Waals surface area contributed by atoms with Crippen LogP contribution in [0.5, 0.6) is 5.75 Å². The highest BCUT2D eigenvalue weighted by Crippen LogP contribution is 2.32. The number of nitrogens with zero attached hydrogens (tertiary/aromatic N) is 2. The van der Waals surface area contributed by atoms with Crippen molar-refractivity contribution in [1.82, 2.24) is 10.2 Å². The maximum atomic E-state index is 13.3. The van der Waals surface area contributed by atoms with Crippen molar-refractivity contribution in [1.29, 1.82) is 0 Å². The van der Waals surface area contributed by atoms with Crippen LogP contribution in [0, 0.1) is 0 Å². The average Bonchev–Trinajstić information content (AvgIpc) is 3.73. The Morgan fingerprint density at radius 3 is 2.56 bits per heavy atom. The SMILES string of the molecule is COc1ccc2c(c1)CCCN2C(=O)CN(Cc1ccc(C(=O)NC2CC2)cc1)C1CC1. The first kappa shape index (κ1) is 21.0. The van der Waals surface area contributed by atoms with E-state index in [2.05, 4.69) is 10.2 Å². The number of carbonyl (C=O) groups excluding carboxylic acids is 2. The van der Waals surface area contributed by atoms with Crippen LogP contribution in [0.15, 0.2) is 42.5 Å². The van der Waals surface area contributed by atoms with E-state index in [1.54, 1.807) is 7.11 Å². The van der Waals surface area contributed by atoms with Crippen molar-refractivity contribution in [2.24, 2.45) is 0 Å². The molecular formula is C26H31N3O3. The number of methoxy groups -OCH3 is 1. The van der Waals surface area contributed by atoms with E-state index >= 15 is 0 Å². The molecule has 0 unspecified atom stereocenters. The Labute approximate surface area is 189 Å². The summed E-state index contributed by atoms with van der Waals surface area (Å²) in [4.78, 5) is 29.8. The van der Waals surface area contributed by atoms with Crippen LogP contribution in [0.3, 0.4) is 0 Å². The molecule has 32 heavy (non-hydrogen) atoms. The van der Waals surface area contributed by atoms with Crippen LogP contribution in [0.2, 0.25) is 0 Å². The van der Waals surface area contributed by atoms with Gasteiger partial charge in [-0.3, -0.25) is 14.5 Å². The van der Waals surface area contributed by atoms with Gasteiger partial charge in [-0.1, -0.05) is 12.1 Å². The number of hydrogen-bond donors (Lipinski definition) is 1. The highest BCUT2D eigenvalue weighted by Gasteiger charge is 2.32. The summed E-state index contributed by atoms with van der Waals surface area (Å²) < 4.78 is 5.35. The molecule has 0 radical (unpaired) electrons. The third-order valence-corrected chi connectivity index (χ3v) is 6.62. The second kappa shape index (κ2) is 8.94. The Morgan fingerprint density at radius 2 is 1.88 bits per heavy atom. The molecule has 1 heterocycles. The minimum atomic E-state index is 0.00803. The summed E-state index contributed by atoms with van der Waals surface area (Å²) in [6.45, 7) is 1.91. The smallest absolute Gasteiger partial charge is 0.251 e. The van der Waals surface area contributed by atoms with E-state index in [1.807, 2.05) is 47.4 Å². The number of aryl methyl sites for hydroxylation is 1. The van der Waals surface area contributed by atoms with Gasteiger partial charge in [-0.15, -0.1) is 0 Å². The Morgan fingerprint density at radius 1 is 1.09 bits per heavy atom. The molecule has 6 heteroatoms. The standard InChI is InChI=1S/C26H31N3O3/c1-32-23-12-13-24-20(15-23)3-2-14-29(24)25(30)17-28(22-10-11-22)16-18-4-6-19(7-5-18)26(31)27-21-8-9-21/h4-7,12-13,15,21-22H,2-3,8-11,14,16-17H2,1H3,(H,27,31). The van der Waals surface area contributed by atoms with Gasteiger partial charge in [-0.25, -0.2) is 0 Å². The third kappa shape index (κ3) is 4.80. The Kier molecular flexibility index (Phi) is 5.87. The zero-order chi connectivity index (χ0) is 22.1. The zero-order valence-electron chi connectivity index (χ0n) is 18.7. The van der Waals surface area contributed by atoms with Gasteiger partial charge in [0.15, 0.2) is 0 Å². The van der Waals surface area contributed by atoms with Crippen molar-refractivity contribution in [2.45, 2.75) is 57.2 Å². The van der Waals surface area contributed by atoms with Crippen LogP contribution in [0.4, 0.5) is 5.69 Å². The molecule has 3 aliphatic rings. The highest BCUT2D eigenvalue weighted by atomic mass is 16.5. The van der Waals surface area contributed by atoms with Crippen LogP contribution in [-0.2, 0) is 17.8 Å². The lowest BCUT2D eigenvalue weighted by Crippen LogP contribution is -2.43. The molecule has 2 aliphatic carbocycles. The maximum absolute atomic E-state index is 13.3. The Bertz CT molecular complexity index is 996. The summed E-state index contributed by atoms with van der Waals surface area (Å²) in [5, 5.41) is 3.03. The van der Waals surface area contributed by atoms with E-state index in [0.717, 1.165) is 68.6 Å². The highest BCUT2D eigenvalue weighted by molar-refractivity contribution is 5.96. The number of nitrogens with one attached hydrogen (secondary N) is 1. The summed E-state index contributed by atoms with van der Waals surface area (Å²) in [5.41, 5.74) is 4.04. The van der Waals surface area contributed by atoms with Gasteiger partial charge in [0, 0.05) is 36.4 Å². The first-order valence-electron chi connectivity index (χ1n) is 11.7. The van der Waals surface area contributed by atoms with Crippen LogP contribution in [-0.4, -0.2) is 49.0 Å². The van der Waals surface area contributed by atoms with Gasteiger partial charge >= 0.3 is 0 Å². The quantitative estimate of drug-likeness (QED) is 0.692. The molecule has 2 amide bonds. The Balaban J connectivity index is 1.24. The van der Waals surface area contributed by atoms with Crippen molar-refractivity contribution >= 4 is 17.5 Å². The first-order valence-corrected chi connectivity index (χ1v) is 11.7. The largest absolute Gasteiger partial charge is 0.497 e. The molecule has 5 rings (SSSR count). The monoisotopic (exact) mass is 433 g/mol. The number of hydrogen-bond acceptors (Lipinski definition) is 4. The first-order chi connectivity index (χ1) is 15.6. The molecule has 0 aromatic heterocycles. The number of amides is 2. The van der Waals surface area contributed by atoms with E-state index in [4.69, 9.17) is 4.74 Å². The second-order valence-electron chi connectivity index (χ2n) is 9.22. The number of fused-ring (bicyclic) bond motifs is 1. The molecule has 2 aromatic rings. The van der Waals surface area contributed by atoms with Gasteiger partial charge in [0.2, 0.25) is 5.91 Å². The molecule has 2 aromatic carbocycles. The molecular weight excluding hydrogens is 402 g/mol. The van der Waals surface area contributed by atoms with Gasteiger partial charge in [-0.2, -0.15) is 0 Å². The molecule has 2 saturated carbocycles.